The van der Waals surface area contributed by atoms with E-state index in [4.69, 9.17) is 0 Å². The van der Waals surface area contributed by atoms with Crippen molar-refractivity contribution in [3.63, 3.8) is 0 Å². The summed E-state index contributed by atoms with van der Waals surface area (Å²) in [5.74, 6) is 0. The molecule has 0 radical (unpaired) electrons. The van der Waals surface area contributed by atoms with E-state index in [9.17, 15) is 8.42 Å². The molecule has 0 saturated heterocycles. The zero-order chi connectivity index (χ0) is 13.9. The van der Waals surface area contributed by atoms with E-state index in [0.29, 0.717) is 4.90 Å². The molecule has 106 valence electrons. The monoisotopic (exact) mass is 282 g/mol. The van der Waals surface area contributed by atoms with Crippen molar-refractivity contribution in [2.75, 3.05) is 26.4 Å². The minimum Gasteiger partial charge on any atom is -0.313 e. The van der Waals surface area contributed by atoms with Crippen LogP contribution >= 0.6 is 0 Å². The molecular formula is C14H22N2O2S. The van der Waals surface area contributed by atoms with Crippen LogP contribution in [-0.2, 0) is 16.4 Å². The summed E-state index contributed by atoms with van der Waals surface area (Å²) in [5, 5.41) is 3.48. The van der Waals surface area contributed by atoms with Crippen LogP contribution in [0, 0.1) is 0 Å². The summed E-state index contributed by atoms with van der Waals surface area (Å²) in [6.07, 6.45) is 3.87. The van der Waals surface area contributed by atoms with Crippen molar-refractivity contribution in [3.8, 4) is 0 Å². The topological polar surface area (TPSA) is 49.4 Å². The number of nitrogens with zero attached hydrogens (tertiary/aromatic N) is 1. The first kappa shape index (κ1) is 14.5. The molecule has 1 aliphatic carbocycles. The van der Waals surface area contributed by atoms with Gasteiger partial charge in [-0.15, -0.1) is 0 Å². The lowest BCUT2D eigenvalue weighted by atomic mass is 10.2. The van der Waals surface area contributed by atoms with Crippen molar-refractivity contribution >= 4 is 9.84 Å². The molecule has 0 heterocycles. The second-order valence-electron chi connectivity index (χ2n) is 5.38. The molecule has 1 aliphatic rings. The highest BCUT2D eigenvalue weighted by molar-refractivity contribution is 7.90. The maximum atomic E-state index is 11.4. The molecule has 0 amide bonds. The van der Waals surface area contributed by atoms with Crippen molar-refractivity contribution < 1.29 is 8.42 Å². The molecule has 1 aromatic carbocycles. The Kier molecular flexibility index (Phi) is 4.60. The van der Waals surface area contributed by atoms with Crippen LogP contribution in [0.15, 0.2) is 29.2 Å². The molecule has 0 aromatic heterocycles. The molecule has 1 aromatic rings. The number of sulfone groups is 1. The second-order valence-corrected chi connectivity index (χ2v) is 7.40. The highest BCUT2D eigenvalue weighted by atomic mass is 32.2. The van der Waals surface area contributed by atoms with Crippen LogP contribution in [0.1, 0.15) is 18.4 Å². The summed E-state index contributed by atoms with van der Waals surface area (Å²) in [6, 6.07) is 7.90. The Morgan fingerprint density at radius 3 is 2.42 bits per heavy atom. The van der Waals surface area contributed by atoms with Gasteiger partial charge in [-0.3, -0.25) is 0 Å². The summed E-state index contributed by atoms with van der Waals surface area (Å²) in [5.41, 5.74) is 1.14. The molecule has 5 heteroatoms. The van der Waals surface area contributed by atoms with Crippen LogP contribution in [0.2, 0.25) is 0 Å². The number of hydrogen-bond acceptors (Lipinski definition) is 4. The largest absolute Gasteiger partial charge is 0.313 e. The number of likely N-dealkylation sites (N-methyl/N-ethyl adjacent to an activating group) is 1. The summed E-state index contributed by atoms with van der Waals surface area (Å²) >= 11 is 0. The van der Waals surface area contributed by atoms with Gasteiger partial charge in [0.1, 0.15) is 0 Å². The Hall–Kier alpha value is -0.910. The van der Waals surface area contributed by atoms with Crippen molar-refractivity contribution in [3.05, 3.63) is 29.8 Å². The molecular weight excluding hydrogens is 260 g/mol. The van der Waals surface area contributed by atoms with Gasteiger partial charge in [0, 0.05) is 31.9 Å². The number of hydrogen-bond donors (Lipinski definition) is 1. The number of nitrogens with one attached hydrogen (secondary N) is 1. The fraction of sp³-hybridized carbons (Fsp3) is 0.571. The fourth-order valence-electron chi connectivity index (χ4n) is 1.98. The SMILES string of the molecule is CN(CCNC1CC1)Cc1ccc(S(C)(=O)=O)cc1. The molecule has 1 saturated carbocycles. The average molecular weight is 282 g/mol. The van der Waals surface area contributed by atoms with E-state index in [-0.39, 0.29) is 0 Å². The lowest BCUT2D eigenvalue weighted by Gasteiger charge is -2.17. The van der Waals surface area contributed by atoms with Crippen LogP contribution in [0.4, 0.5) is 0 Å². The lowest BCUT2D eigenvalue weighted by Crippen LogP contribution is -2.30. The molecule has 19 heavy (non-hydrogen) atoms. The summed E-state index contributed by atoms with van der Waals surface area (Å²) in [7, 11) is -1.01. The van der Waals surface area contributed by atoms with Gasteiger partial charge in [-0.05, 0) is 37.6 Å². The van der Waals surface area contributed by atoms with Gasteiger partial charge in [-0.25, -0.2) is 8.42 Å². The van der Waals surface area contributed by atoms with Crippen molar-refractivity contribution in [2.45, 2.75) is 30.3 Å². The van der Waals surface area contributed by atoms with Gasteiger partial charge in [0.2, 0.25) is 0 Å². The van der Waals surface area contributed by atoms with Gasteiger partial charge in [0.15, 0.2) is 9.84 Å². The predicted molar refractivity (Wildman–Crippen MR) is 76.9 cm³/mol. The Morgan fingerprint density at radius 2 is 1.89 bits per heavy atom. The molecule has 0 atom stereocenters. The third-order valence-corrected chi connectivity index (χ3v) is 4.44. The summed E-state index contributed by atoms with van der Waals surface area (Å²) in [6.45, 7) is 2.86. The van der Waals surface area contributed by atoms with Crippen molar-refractivity contribution in [1.29, 1.82) is 0 Å². The lowest BCUT2D eigenvalue weighted by molar-refractivity contribution is 0.324. The van der Waals surface area contributed by atoms with Gasteiger partial charge in [0.25, 0.3) is 0 Å². The van der Waals surface area contributed by atoms with E-state index in [1.54, 1.807) is 12.1 Å². The summed E-state index contributed by atoms with van der Waals surface area (Å²) < 4.78 is 22.7. The van der Waals surface area contributed by atoms with E-state index in [0.717, 1.165) is 31.2 Å². The quantitative estimate of drug-likeness (QED) is 0.818. The fourth-order valence-corrected chi connectivity index (χ4v) is 2.61. The first-order valence-electron chi connectivity index (χ1n) is 6.66. The van der Waals surface area contributed by atoms with Gasteiger partial charge in [-0.2, -0.15) is 0 Å². The van der Waals surface area contributed by atoms with Crippen LogP contribution in [0.5, 0.6) is 0 Å². The minimum atomic E-state index is -3.09. The molecule has 1 N–H and O–H groups in total. The predicted octanol–water partition coefficient (Wildman–Crippen LogP) is 1.27. The van der Waals surface area contributed by atoms with Crippen molar-refractivity contribution in [1.82, 2.24) is 10.2 Å². The molecule has 1 fully saturated rings. The maximum absolute atomic E-state index is 11.4. The third kappa shape index (κ3) is 4.93. The minimum absolute atomic E-state index is 0.384. The van der Waals surface area contributed by atoms with Gasteiger partial charge >= 0.3 is 0 Å². The molecule has 2 rings (SSSR count). The van der Waals surface area contributed by atoms with E-state index >= 15 is 0 Å². The van der Waals surface area contributed by atoms with Crippen molar-refractivity contribution in [2.24, 2.45) is 0 Å². The highest BCUT2D eigenvalue weighted by Gasteiger charge is 2.19. The highest BCUT2D eigenvalue weighted by Crippen LogP contribution is 2.18. The zero-order valence-electron chi connectivity index (χ0n) is 11.6. The van der Waals surface area contributed by atoms with E-state index < -0.39 is 9.84 Å². The van der Waals surface area contributed by atoms with Gasteiger partial charge < -0.3 is 10.2 Å². The Labute approximate surface area is 115 Å². The van der Waals surface area contributed by atoms with Gasteiger partial charge in [0.05, 0.1) is 4.90 Å². The first-order valence-corrected chi connectivity index (χ1v) is 8.55. The second kappa shape index (κ2) is 6.03. The van der Waals surface area contributed by atoms with E-state index in [2.05, 4.69) is 17.3 Å². The van der Waals surface area contributed by atoms with E-state index in [1.807, 2.05) is 12.1 Å². The first-order chi connectivity index (χ1) is 8.95. The van der Waals surface area contributed by atoms with Crippen LogP contribution in [0.3, 0.4) is 0 Å². The van der Waals surface area contributed by atoms with Crippen LogP contribution in [0.25, 0.3) is 0 Å². The molecule has 0 bridgehead atoms. The Morgan fingerprint density at radius 1 is 1.26 bits per heavy atom. The maximum Gasteiger partial charge on any atom is 0.175 e. The smallest absolute Gasteiger partial charge is 0.175 e. The zero-order valence-corrected chi connectivity index (χ0v) is 12.4. The van der Waals surface area contributed by atoms with Gasteiger partial charge in [-0.1, -0.05) is 12.1 Å². The van der Waals surface area contributed by atoms with Crippen LogP contribution in [-0.4, -0.2) is 45.8 Å². The summed E-state index contributed by atoms with van der Waals surface area (Å²) in [4.78, 5) is 2.62. The third-order valence-electron chi connectivity index (χ3n) is 3.31. The Bertz CT molecular complexity index is 507. The normalized spacial score (nSPS) is 15.9. The van der Waals surface area contributed by atoms with Crippen LogP contribution < -0.4 is 5.32 Å². The standard InChI is InChI=1S/C14H22N2O2S/c1-16(10-9-15-13-5-6-13)11-12-3-7-14(8-4-12)19(2,17)18/h3-4,7-8,13,15H,5-6,9-11H2,1-2H3. The average Bonchev–Trinajstić information content (AvgIpc) is 3.12. The van der Waals surface area contributed by atoms with E-state index in [1.165, 1.54) is 19.1 Å². The molecule has 0 unspecified atom stereocenters. The Balaban J connectivity index is 1.80. The number of rotatable bonds is 7. The number of benzene rings is 1. The molecule has 0 spiro atoms. The molecule has 4 nitrogen and oxygen atoms in total. The molecule has 0 aliphatic heterocycles.